The SMILES string of the molecule is C[Si](C)(C)c1cc(-c2cccc(-c3ccccc3)c2)c2c(c1-c1ccccc1)-c1cccc3cccc-2c13. The lowest BCUT2D eigenvalue weighted by atomic mass is 9.87. The van der Waals surface area contributed by atoms with Crippen LogP contribution in [0, 0.1) is 0 Å². The first-order chi connectivity index (χ1) is 18.5. The van der Waals surface area contributed by atoms with Gasteiger partial charge in [0, 0.05) is 0 Å². The summed E-state index contributed by atoms with van der Waals surface area (Å²) in [6.07, 6.45) is 0. The van der Waals surface area contributed by atoms with Gasteiger partial charge in [-0.2, -0.15) is 0 Å². The predicted octanol–water partition coefficient (Wildman–Crippen LogP) is 10.0. The zero-order valence-corrected chi connectivity index (χ0v) is 23.1. The summed E-state index contributed by atoms with van der Waals surface area (Å²) in [6.45, 7) is 7.44. The van der Waals surface area contributed by atoms with Crippen LogP contribution in [-0.4, -0.2) is 8.07 Å². The van der Waals surface area contributed by atoms with Crippen LogP contribution in [0.3, 0.4) is 0 Å². The molecule has 1 aliphatic carbocycles. The van der Waals surface area contributed by atoms with Crippen LogP contribution in [0.15, 0.2) is 127 Å². The zero-order chi connectivity index (χ0) is 25.9. The molecule has 0 saturated carbocycles. The second-order valence-corrected chi connectivity index (χ2v) is 16.4. The fourth-order valence-electron chi connectivity index (χ4n) is 6.21. The van der Waals surface area contributed by atoms with Gasteiger partial charge in [0.25, 0.3) is 0 Å². The summed E-state index contributed by atoms with van der Waals surface area (Å²) in [5, 5.41) is 4.22. The minimum absolute atomic E-state index is 1.25. The molecule has 1 heteroatoms. The first-order valence-corrected chi connectivity index (χ1v) is 17.0. The van der Waals surface area contributed by atoms with Crippen LogP contribution in [0.2, 0.25) is 19.6 Å². The fourth-order valence-corrected chi connectivity index (χ4v) is 7.81. The zero-order valence-electron chi connectivity index (χ0n) is 22.1. The van der Waals surface area contributed by atoms with E-state index in [0.717, 1.165) is 0 Å². The largest absolute Gasteiger partial charge is 0.0784 e. The van der Waals surface area contributed by atoms with Crippen molar-refractivity contribution < 1.29 is 0 Å². The standard InChI is InChI=1S/C37H30Si/c1-38(2,3)33-24-32(29-20-10-19-28(23-29)25-13-6-4-7-14-25)36-30-21-11-17-26-18-12-22-31(34(26)30)37(36)35(33)27-15-8-5-9-16-27/h4-24H,1-3H3. The first kappa shape index (κ1) is 23.0. The Morgan fingerprint density at radius 3 is 1.61 bits per heavy atom. The third kappa shape index (κ3) is 3.58. The molecule has 0 heterocycles. The van der Waals surface area contributed by atoms with Crippen LogP contribution >= 0.6 is 0 Å². The van der Waals surface area contributed by atoms with Gasteiger partial charge in [-0.15, -0.1) is 0 Å². The third-order valence-electron chi connectivity index (χ3n) is 7.92. The summed E-state index contributed by atoms with van der Waals surface area (Å²) in [7, 11) is -1.73. The monoisotopic (exact) mass is 502 g/mol. The average molecular weight is 503 g/mol. The minimum Gasteiger partial charge on any atom is -0.0656 e. The topological polar surface area (TPSA) is 0 Å². The minimum atomic E-state index is -1.73. The summed E-state index contributed by atoms with van der Waals surface area (Å²) >= 11 is 0. The molecule has 0 nitrogen and oxygen atoms in total. The van der Waals surface area contributed by atoms with Gasteiger partial charge in [0.2, 0.25) is 0 Å². The molecule has 6 aromatic rings. The second kappa shape index (κ2) is 8.68. The molecule has 7 rings (SSSR count). The molecule has 0 aliphatic heterocycles. The lowest BCUT2D eigenvalue weighted by Gasteiger charge is -2.27. The van der Waals surface area contributed by atoms with Crippen LogP contribution < -0.4 is 5.19 Å². The molecule has 0 saturated heterocycles. The Balaban J connectivity index is 1.62. The van der Waals surface area contributed by atoms with Crippen molar-refractivity contribution >= 4 is 24.0 Å². The Labute approximate surface area is 226 Å². The van der Waals surface area contributed by atoms with Crippen molar-refractivity contribution in [1.29, 1.82) is 0 Å². The van der Waals surface area contributed by atoms with Crippen molar-refractivity contribution in [3.63, 3.8) is 0 Å². The number of hydrogen-bond donors (Lipinski definition) is 0. The number of benzene rings is 6. The first-order valence-electron chi connectivity index (χ1n) is 13.5. The molecular formula is C37H30Si. The highest BCUT2D eigenvalue weighted by atomic mass is 28.3. The van der Waals surface area contributed by atoms with Crippen molar-refractivity contribution in [2.24, 2.45) is 0 Å². The molecule has 38 heavy (non-hydrogen) atoms. The molecular weight excluding hydrogens is 472 g/mol. The van der Waals surface area contributed by atoms with Crippen molar-refractivity contribution in [2.45, 2.75) is 19.6 Å². The molecule has 0 N–H and O–H groups in total. The molecule has 1 aliphatic rings. The Morgan fingerprint density at radius 2 is 0.947 bits per heavy atom. The van der Waals surface area contributed by atoms with E-state index in [4.69, 9.17) is 0 Å². The molecule has 0 amide bonds. The van der Waals surface area contributed by atoms with Gasteiger partial charge in [0.1, 0.15) is 0 Å². The van der Waals surface area contributed by atoms with Crippen LogP contribution in [0.1, 0.15) is 0 Å². The van der Waals surface area contributed by atoms with E-state index in [1.807, 2.05) is 0 Å². The van der Waals surface area contributed by atoms with E-state index in [9.17, 15) is 0 Å². The van der Waals surface area contributed by atoms with Gasteiger partial charge in [-0.05, 0) is 72.5 Å². The van der Waals surface area contributed by atoms with Crippen LogP contribution in [0.25, 0.3) is 66.4 Å². The van der Waals surface area contributed by atoms with Gasteiger partial charge >= 0.3 is 0 Å². The van der Waals surface area contributed by atoms with Crippen molar-refractivity contribution in [3.05, 3.63) is 127 Å². The maximum Gasteiger partial charge on any atom is 0.0784 e. The van der Waals surface area contributed by atoms with Crippen molar-refractivity contribution in [2.75, 3.05) is 0 Å². The summed E-state index contributed by atoms with van der Waals surface area (Å²) in [4.78, 5) is 0. The van der Waals surface area contributed by atoms with E-state index in [1.54, 1.807) is 0 Å². The highest BCUT2D eigenvalue weighted by molar-refractivity contribution is 6.90. The molecule has 182 valence electrons. The van der Waals surface area contributed by atoms with Gasteiger partial charge in [-0.3, -0.25) is 0 Å². The molecule has 0 radical (unpaired) electrons. The van der Waals surface area contributed by atoms with E-state index in [-0.39, 0.29) is 0 Å². The lowest BCUT2D eigenvalue weighted by molar-refractivity contribution is 1.58. The predicted molar refractivity (Wildman–Crippen MR) is 168 cm³/mol. The van der Waals surface area contributed by atoms with Crippen molar-refractivity contribution in [3.8, 4) is 55.6 Å². The van der Waals surface area contributed by atoms with Gasteiger partial charge in [0.05, 0.1) is 8.07 Å². The summed E-state index contributed by atoms with van der Waals surface area (Å²) < 4.78 is 0. The van der Waals surface area contributed by atoms with Crippen molar-refractivity contribution in [1.82, 2.24) is 0 Å². The smallest absolute Gasteiger partial charge is 0.0656 e. The quantitative estimate of drug-likeness (QED) is 0.210. The van der Waals surface area contributed by atoms with Crippen LogP contribution in [0.4, 0.5) is 0 Å². The van der Waals surface area contributed by atoms with Gasteiger partial charge in [-0.25, -0.2) is 0 Å². The summed E-state index contributed by atoms with van der Waals surface area (Å²) in [5.74, 6) is 0. The van der Waals surface area contributed by atoms with E-state index in [1.165, 1.54) is 71.6 Å². The van der Waals surface area contributed by atoms with E-state index >= 15 is 0 Å². The number of rotatable bonds is 4. The van der Waals surface area contributed by atoms with Gasteiger partial charge in [-0.1, -0.05) is 146 Å². The molecule has 0 fully saturated rings. The molecule has 0 unspecified atom stereocenters. The maximum atomic E-state index is 2.54. The normalized spacial score (nSPS) is 12.1. The van der Waals surface area contributed by atoms with Crippen LogP contribution in [0.5, 0.6) is 0 Å². The molecule has 6 aromatic carbocycles. The Bertz CT molecular complexity index is 1820. The highest BCUT2D eigenvalue weighted by Gasteiger charge is 2.32. The lowest BCUT2D eigenvalue weighted by Crippen LogP contribution is -2.39. The van der Waals surface area contributed by atoms with Gasteiger partial charge < -0.3 is 0 Å². The third-order valence-corrected chi connectivity index (χ3v) is 9.93. The van der Waals surface area contributed by atoms with E-state index in [2.05, 4.69) is 147 Å². The molecule has 0 spiro atoms. The average Bonchev–Trinajstić information content (AvgIpc) is 3.29. The van der Waals surface area contributed by atoms with Gasteiger partial charge in [0.15, 0.2) is 0 Å². The Hall–Kier alpha value is -4.20. The van der Waals surface area contributed by atoms with Crippen LogP contribution in [-0.2, 0) is 0 Å². The summed E-state index contributed by atoms with van der Waals surface area (Å²) in [6, 6.07) is 47.1. The maximum absolute atomic E-state index is 2.54. The Morgan fingerprint density at radius 1 is 0.395 bits per heavy atom. The van der Waals surface area contributed by atoms with E-state index < -0.39 is 8.07 Å². The molecule has 0 aromatic heterocycles. The molecule has 0 atom stereocenters. The Kier molecular flexibility index (Phi) is 5.24. The molecule has 0 bridgehead atoms. The second-order valence-electron chi connectivity index (χ2n) is 11.4. The summed E-state index contributed by atoms with van der Waals surface area (Å²) in [5.41, 5.74) is 13.4. The number of fused-ring (bicyclic) bond motifs is 3. The highest BCUT2D eigenvalue weighted by Crippen LogP contribution is 2.54. The number of hydrogen-bond acceptors (Lipinski definition) is 0. The van der Waals surface area contributed by atoms with E-state index in [0.29, 0.717) is 0 Å². The fraction of sp³-hybridized carbons (Fsp3) is 0.0811.